The maximum absolute atomic E-state index is 13.3. The summed E-state index contributed by atoms with van der Waals surface area (Å²) >= 11 is 0.395. The van der Waals surface area contributed by atoms with Crippen LogP contribution in [0.2, 0.25) is 0 Å². The van der Waals surface area contributed by atoms with Gasteiger partial charge in [-0.25, -0.2) is 13.4 Å². The van der Waals surface area contributed by atoms with Crippen molar-refractivity contribution in [2.75, 3.05) is 24.3 Å². The standard InChI is InChI=1S/C20H19F3N4O5S2/c1-10-6-5-7-11(2)14(10)27-34(29,30)13-8-12(9-24-18(13)31-3)25-17(28)15-16(20(21,22)23)26-19(32-4)33-15/h5-9,27H,1-4H3,(H,25,28). The number of aromatic nitrogens is 2. The molecule has 0 spiro atoms. The molecular weight excluding hydrogens is 497 g/mol. The van der Waals surface area contributed by atoms with Crippen LogP contribution in [0.25, 0.3) is 0 Å². The van der Waals surface area contributed by atoms with Crippen molar-refractivity contribution in [3.8, 4) is 11.1 Å². The van der Waals surface area contributed by atoms with Gasteiger partial charge < -0.3 is 14.8 Å². The number of carbonyl (C=O) groups is 1. The second-order valence-corrected chi connectivity index (χ2v) is 9.53. The van der Waals surface area contributed by atoms with Gasteiger partial charge in [-0.3, -0.25) is 9.52 Å². The molecule has 2 heterocycles. The van der Waals surface area contributed by atoms with E-state index in [-0.39, 0.29) is 16.8 Å². The number of rotatable bonds is 7. The average molecular weight is 517 g/mol. The van der Waals surface area contributed by atoms with E-state index in [1.54, 1.807) is 32.0 Å². The fourth-order valence-corrected chi connectivity index (χ4v) is 5.08. The second kappa shape index (κ2) is 9.46. The van der Waals surface area contributed by atoms with Gasteiger partial charge in [-0.1, -0.05) is 29.5 Å². The molecule has 0 aliphatic heterocycles. The lowest BCUT2D eigenvalue weighted by molar-refractivity contribution is -0.141. The van der Waals surface area contributed by atoms with Gasteiger partial charge in [0.15, 0.2) is 10.6 Å². The van der Waals surface area contributed by atoms with Gasteiger partial charge in [-0.15, -0.1) is 0 Å². The maximum atomic E-state index is 13.3. The molecule has 0 radical (unpaired) electrons. The third-order valence-corrected chi connectivity index (χ3v) is 6.89. The normalized spacial score (nSPS) is 11.7. The molecule has 0 bridgehead atoms. The van der Waals surface area contributed by atoms with E-state index >= 15 is 0 Å². The van der Waals surface area contributed by atoms with Gasteiger partial charge in [0.2, 0.25) is 5.88 Å². The molecule has 2 aromatic heterocycles. The predicted molar refractivity (Wildman–Crippen MR) is 119 cm³/mol. The molecule has 0 saturated heterocycles. The second-order valence-electron chi connectivity index (χ2n) is 6.92. The minimum Gasteiger partial charge on any atom is -0.480 e. The Kier molecular flexibility index (Phi) is 7.02. The predicted octanol–water partition coefficient (Wildman–Crippen LogP) is 4.24. The number of halogens is 3. The van der Waals surface area contributed by atoms with Gasteiger partial charge in [0.1, 0.15) is 4.88 Å². The number of pyridine rings is 1. The van der Waals surface area contributed by atoms with Gasteiger partial charge in [0.05, 0.1) is 31.8 Å². The van der Waals surface area contributed by atoms with Gasteiger partial charge in [0, 0.05) is 0 Å². The number of sulfonamides is 1. The van der Waals surface area contributed by atoms with Crippen molar-refractivity contribution in [2.45, 2.75) is 24.9 Å². The lowest BCUT2D eigenvalue weighted by Gasteiger charge is -2.15. The quantitative estimate of drug-likeness (QED) is 0.482. The zero-order valence-electron chi connectivity index (χ0n) is 18.3. The Labute approximate surface area is 197 Å². The number of benzene rings is 1. The lowest BCUT2D eigenvalue weighted by atomic mass is 10.1. The summed E-state index contributed by atoms with van der Waals surface area (Å²) in [6.45, 7) is 3.44. The van der Waals surface area contributed by atoms with E-state index in [0.717, 1.165) is 19.4 Å². The number of carbonyl (C=O) groups excluding carboxylic acids is 1. The number of ether oxygens (including phenoxy) is 2. The Balaban J connectivity index is 1.98. The Hall–Kier alpha value is -3.39. The van der Waals surface area contributed by atoms with Crippen LogP contribution in [0.1, 0.15) is 26.5 Å². The number of aryl methyl sites for hydroxylation is 2. The minimum absolute atomic E-state index is 0.173. The highest BCUT2D eigenvalue weighted by Gasteiger charge is 2.40. The van der Waals surface area contributed by atoms with Crippen LogP contribution >= 0.6 is 11.3 Å². The van der Waals surface area contributed by atoms with Crippen molar-refractivity contribution in [3.63, 3.8) is 0 Å². The van der Waals surface area contributed by atoms with Crippen molar-refractivity contribution < 1.29 is 35.9 Å². The van der Waals surface area contributed by atoms with Crippen LogP contribution in [0, 0.1) is 13.8 Å². The maximum Gasteiger partial charge on any atom is 0.435 e. The largest absolute Gasteiger partial charge is 0.480 e. The topological polar surface area (TPSA) is 120 Å². The van der Waals surface area contributed by atoms with E-state index in [1.807, 2.05) is 0 Å². The highest BCUT2D eigenvalue weighted by atomic mass is 32.2. The Morgan fingerprint density at radius 3 is 2.32 bits per heavy atom. The third-order valence-electron chi connectivity index (χ3n) is 4.53. The van der Waals surface area contributed by atoms with Gasteiger partial charge in [0.25, 0.3) is 21.1 Å². The van der Waals surface area contributed by atoms with E-state index in [9.17, 15) is 26.4 Å². The molecular formula is C20H19F3N4O5S2. The summed E-state index contributed by atoms with van der Waals surface area (Å²) < 4.78 is 78.3. The molecule has 182 valence electrons. The van der Waals surface area contributed by atoms with Crippen LogP contribution in [-0.4, -0.2) is 38.5 Å². The van der Waals surface area contributed by atoms with Gasteiger partial charge in [-0.05, 0) is 31.0 Å². The molecule has 0 atom stereocenters. The first-order valence-electron chi connectivity index (χ1n) is 9.43. The van der Waals surface area contributed by atoms with Crippen LogP contribution in [0.3, 0.4) is 0 Å². The average Bonchev–Trinajstić information content (AvgIpc) is 3.22. The molecule has 3 aromatic rings. The van der Waals surface area contributed by atoms with E-state index < -0.39 is 37.6 Å². The highest BCUT2D eigenvalue weighted by Crippen LogP contribution is 2.37. The highest BCUT2D eigenvalue weighted by molar-refractivity contribution is 7.92. The van der Waals surface area contributed by atoms with Crippen molar-refractivity contribution in [2.24, 2.45) is 0 Å². The Bertz CT molecular complexity index is 1320. The van der Waals surface area contributed by atoms with Crippen LogP contribution in [0.4, 0.5) is 24.5 Å². The number of thiazole rings is 1. The number of alkyl halides is 3. The Morgan fingerprint density at radius 2 is 1.76 bits per heavy atom. The van der Waals surface area contributed by atoms with E-state index in [0.29, 0.717) is 28.2 Å². The van der Waals surface area contributed by atoms with E-state index in [2.05, 4.69) is 20.0 Å². The van der Waals surface area contributed by atoms with Gasteiger partial charge in [-0.2, -0.15) is 18.2 Å². The number of nitrogens with one attached hydrogen (secondary N) is 2. The number of methoxy groups -OCH3 is 2. The Morgan fingerprint density at radius 1 is 1.12 bits per heavy atom. The first-order chi connectivity index (χ1) is 15.9. The smallest absolute Gasteiger partial charge is 0.435 e. The van der Waals surface area contributed by atoms with Crippen LogP contribution in [0.15, 0.2) is 35.4 Å². The molecule has 0 aliphatic rings. The minimum atomic E-state index is -4.90. The molecule has 0 unspecified atom stereocenters. The summed E-state index contributed by atoms with van der Waals surface area (Å²) in [6, 6.07) is 6.24. The molecule has 0 fully saturated rings. The van der Waals surface area contributed by atoms with Crippen molar-refractivity contribution in [1.82, 2.24) is 9.97 Å². The third kappa shape index (κ3) is 5.22. The van der Waals surface area contributed by atoms with Crippen LogP contribution < -0.4 is 19.5 Å². The van der Waals surface area contributed by atoms with Crippen molar-refractivity contribution in [3.05, 3.63) is 52.2 Å². The molecule has 34 heavy (non-hydrogen) atoms. The molecule has 3 rings (SSSR count). The summed E-state index contributed by atoms with van der Waals surface area (Å²) in [5, 5.41) is 1.87. The fourth-order valence-electron chi connectivity index (χ4n) is 2.93. The summed E-state index contributed by atoms with van der Waals surface area (Å²) in [7, 11) is -1.93. The molecule has 1 aromatic carbocycles. The van der Waals surface area contributed by atoms with Crippen molar-refractivity contribution >= 4 is 38.6 Å². The number of hydrogen-bond donors (Lipinski definition) is 2. The van der Waals surface area contributed by atoms with Gasteiger partial charge >= 0.3 is 6.18 Å². The number of anilines is 2. The lowest BCUT2D eigenvalue weighted by Crippen LogP contribution is -2.19. The summed E-state index contributed by atoms with van der Waals surface area (Å²) in [4.78, 5) is 18.6. The summed E-state index contributed by atoms with van der Waals surface area (Å²) in [5.41, 5.74) is 0.0918. The number of hydrogen-bond acceptors (Lipinski definition) is 8. The molecule has 2 N–H and O–H groups in total. The summed E-state index contributed by atoms with van der Waals surface area (Å²) in [5.74, 6) is -1.43. The van der Waals surface area contributed by atoms with E-state index in [1.165, 1.54) is 7.11 Å². The molecule has 14 heteroatoms. The SMILES string of the molecule is COc1nc(C(F)(F)F)c(C(=O)Nc2cnc(OC)c(S(=O)(=O)Nc3c(C)cccc3C)c2)s1. The van der Waals surface area contributed by atoms with Crippen LogP contribution in [0.5, 0.6) is 11.1 Å². The molecule has 1 amide bonds. The molecule has 9 nitrogen and oxygen atoms in total. The zero-order chi connectivity index (χ0) is 25.3. The number of para-hydroxylation sites is 1. The molecule has 0 aliphatic carbocycles. The number of amides is 1. The molecule has 0 saturated carbocycles. The zero-order valence-corrected chi connectivity index (χ0v) is 19.9. The number of nitrogens with zero attached hydrogens (tertiary/aromatic N) is 2. The summed E-state index contributed by atoms with van der Waals surface area (Å²) in [6.07, 6.45) is -3.85. The first-order valence-corrected chi connectivity index (χ1v) is 11.7. The first kappa shape index (κ1) is 25.2. The van der Waals surface area contributed by atoms with Crippen molar-refractivity contribution in [1.29, 1.82) is 0 Å². The fraction of sp³-hybridized carbons (Fsp3) is 0.250. The van der Waals surface area contributed by atoms with E-state index in [4.69, 9.17) is 9.47 Å². The van der Waals surface area contributed by atoms with Crippen LogP contribution in [-0.2, 0) is 16.2 Å². The monoisotopic (exact) mass is 516 g/mol.